The molecule has 2 rings (SSSR count). The maximum Gasteiger partial charge on any atom is 0.251 e. The van der Waals surface area contributed by atoms with Gasteiger partial charge in [-0.05, 0) is 43.2 Å². The number of nitrogens with one attached hydrogen (secondary N) is 3. The third-order valence-corrected chi connectivity index (χ3v) is 4.05. The Hall–Kier alpha value is -3.02. The lowest BCUT2D eigenvalue weighted by Gasteiger charge is -2.12. The molecule has 0 fully saturated rings. The molecule has 6 heteroatoms. The monoisotopic (exact) mass is 368 g/mol. The standard InChI is InChI=1S/C21H28N4O2/c1-4-22-21(25-15-18-9-6-5-8-16(18)2)24-13-12-23-20(26)17-10-7-11-19(14-17)27-3/h5-11,14H,4,12-13,15H2,1-3H3,(H,23,26)(H2,22,24,25). The summed E-state index contributed by atoms with van der Waals surface area (Å²) < 4.78 is 5.14. The topological polar surface area (TPSA) is 74.8 Å². The van der Waals surface area contributed by atoms with Crippen LogP contribution in [-0.2, 0) is 6.54 Å². The van der Waals surface area contributed by atoms with E-state index in [1.54, 1.807) is 25.3 Å². The molecule has 2 aromatic carbocycles. The fourth-order valence-electron chi connectivity index (χ4n) is 2.52. The molecule has 3 N–H and O–H groups in total. The third kappa shape index (κ3) is 6.66. The molecule has 0 saturated heterocycles. The van der Waals surface area contributed by atoms with Crippen LogP contribution in [0.4, 0.5) is 0 Å². The van der Waals surface area contributed by atoms with Crippen molar-refractivity contribution in [3.63, 3.8) is 0 Å². The Balaban J connectivity index is 1.82. The van der Waals surface area contributed by atoms with Gasteiger partial charge in [-0.25, -0.2) is 4.99 Å². The van der Waals surface area contributed by atoms with Gasteiger partial charge in [-0.15, -0.1) is 0 Å². The lowest BCUT2D eigenvalue weighted by molar-refractivity contribution is 0.0954. The second-order valence-electron chi connectivity index (χ2n) is 6.04. The Morgan fingerprint density at radius 1 is 1.04 bits per heavy atom. The van der Waals surface area contributed by atoms with Crippen molar-refractivity contribution in [1.29, 1.82) is 0 Å². The fourth-order valence-corrected chi connectivity index (χ4v) is 2.52. The average Bonchev–Trinajstić information content (AvgIpc) is 2.70. The van der Waals surface area contributed by atoms with Gasteiger partial charge in [0.1, 0.15) is 5.75 Å². The molecule has 0 saturated carbocycles. The van der Waals surface area contributed by atoms with Gasteiger partial charge in [-0.3, -0.25) is 4.79 Å². The minimum absolute atomic E-state index is 0.127. The van der Waals surface area contributed by atoms with E-state index in [9.17, 15) is 4.79 Å². The maximum atomic E-state index is 12.2. The molecule has 0 aliphatic rings. The molecule has 0 bridgehead atoms. The van der Waals surface area contributed by atoms with E-state index >= 15 is 0 Å². The number of carbonyl (C=O) groups excluding carboxylic acids is 1. The zero-order chi connectivity index (χ0) is 19.5. The number of hydrogen-bond donors (Lipinski definition) is 3. The molecule has 0 aliphatic heterocycles. The first kappa shape index (κ1) is 20.3. The lowest BCUT2D eigenvalue weighted by Crippen LogP contribution is -2.41. The molecule has 1 amide bonds. The van der Waals surface area contributed by atoms with Crippen LogP contribution >= 0.6 is 0 Å². The summed E-state index contributed by atoms with van der Waals surface area (Å²) >= 11 is 0. The molecule has 0 aromatic heterocycles. The lowest BCUT2D eigenvalue weighted by atomic mass is 10.1. The number of rotatable bonds is 8. The van der Waals surface area contributed by atoms with Crippen LogP contribution in [0.25, 0.3) is 0 Å². The van der Waals surface area contributed by atoms with Crippen molar-refractivity contribution in [3.8, 4) is 5.75 Å². The molecule has 0 heterocycles. The van der Waals surface area contributed by atoms with E-state index in [-0.39, 0.29) is 5.91 Å². The molecule has 144 valence electrons. The Morgan fingerprint density at radius 2 is 1.81 bits per heavy atom. The summed E-state index contributed by atoms with van der Waals surface area (Å²) in [6.07, 6.45) is 0. The summed E-state index contributed by atoms with van der Waals surface area (Å²) in [7, 11) is 1.58. The summed E-state index contributed by atoms with van der Waals surface area (Å²) in [5.41, 5.74) is 3.00. The van der Waals surface area contributed by atoms with Crippen LogP contribution in [0, 0.1) is 6.92 Å². The highest BCUT2D eigenvalue weighted by Gasteiger charge is 2.06. The van der Waals surface area contributed by atoms with E-state index in [1.165, 1.54) is 11.1 Å². The van der Waals surface area contributed by atoms with E-state index in [1.807, 2.05) is 25.1 Å². The van der Waals surface area contributed by atoms with Crippen LogP contribution in [-0.4, -0.2) is 38.6 Å². The molecule has 6 nitrogen and oxygen atoms in total. The fraction of sp³-hybridized carbons (Fsp3) is 0.333. The van der Waals surface area contributed by atoms with E-state index in [0.29, 0.717) is 30.9 Å². The van der Waals surface area contributed by atoms with Gasteiger partial charge in [0.05, 0.1) is 13.7 Å². The van der Waals surface area contributed by atoms with Crippen LogP contribution < -0.4 is 20.7 Å². The minimum Gasteiger partial charge on any atom is -0.497 e. The van der Waals surface area contributed by atoms with Crippen molar-refractivity contribution in [2.24, 2.45) is 4.99 Å². The highest BCUT2D eigenvalue weighted by molar-refractivity contribution is 5.94. The zero-order valence-electron chi connectivity index (χ0n) is 16.2. The van der Waals surface area contributed by atoms with Crippen LogP contribution in [0.2, 0.25) is 0 Å². The average molecular weight is 368 g/mol. The quantitative estimate of drug-likeness (QED) is 0.380. The van der Waals surface area contributed by atoms with Crippen LogP contribution in [0.15, 0.2) is 53.5 Å². The SMILES string of the molecule is CCNC(=NCc1ccccc1C)NCCNC(=O)c1cccc(OC)c1. The van der Waals surface area contributed by atoms with Crippen molar-refractivity contribution in [3.05, 3.63) is 65.2 Å². The summed E-state index contributed by atoms with van der Waals surface area (Å²) in [5.74, 6) is 1.27. The molecule has 0 unspecified atom stereocenters. The Kier molecular flexibility index (Phi) is 8.16. The molecule has 2 aromatic rings. The van der Waals surface area contributed by atoms with E-state index < -0.39 is 0 Å². The first-order valence-corrected chi connectivity index (χ1v) is 9.13. The first-order chi connectivity index (χ1) is 13.1. The Morgan fingerprint density at radius 3 is 2.56 bits per heavy atom. The van der Waals surface area contributed by atoms with Gasteiger partial charge in [0, 0.05) is 25.2 Å². The van der Waals surface area contributed by atoms with Gasteiger partial charge in [0.15, 0.2) is 5.96 Å². The Labute approximate surface area is 161 Å². The second-order valence-corrected chi connectivity index (χ2v) is 6.04. The van der Waals surface area contributed by atoms with Crippen molar-refractivity contribution in [2.45, 2.75) is 20.4 Å². The van der Waals surface area contributed by atoms with Crippen LogP contribution in [0.5, 0.6) is 5.75 Å². The van der Waals surface area contributed by atoms with E-state index in [4.69, 9.17) is 4.74 Å². The summed E-state index contributed by atoms with van der Waals surface area (Å²) in [6, 6.07) is 15.3. The predicted octanol–water partition coefficient (Wildman–Crippen LogP) is 2.49. The van der Waals surface area contributed by atoms with Crippen molar-refractivity contribution < 1.29 is 9.53 Å². The molecule has 0 atom stereocenters. The first-order valence-electron chi connectivity index (χ1n) is 9.13. The molecular formula is C21H28N4O2. The number of methoxy groups -OCH3 is 1. The molecular weight excluding hydrogens is 340 g/mol. The number of carbonyl (C=O) groups is 1. The number of ether oxygens (including phenoxy) is 1. The summed E-state index contributed by atoms with van der Waals surface area (Å²) in [4.78, 5) is 16.8. The molecule has 0 radical (unpaired) electrons. The van der Waals surface area contributed by atoms with Gasteiger partial charge in [0.2, 0.25) is 0 Å². The highest BCUT2D eigenvalue weighted by Crippen LogP contribution is 2.12. The highest BCUT2D eigenvalue weighted by atomic mass is 16.5. The number of amides is 1. The zero-order valence-corrected chi connectivity index (χ0v) is 16.2. The summed E-state index contributed by atoms with van der Waals surface area (Å²) in [6.45, 7) is 6.56. The number of guanidine groups is 1. The normalized spacial score (nSPS) is 11.0. The smallest absolute Gasteiger partial charge is 0.251 e. The molecule has 0 spiro atoms. The van der Waals surface area contributed by atoms with Crippen molar-refractivity contribution in [2.75, 3.05) is 26.7 Å². The molecule has 27 heavy (non-hydrogen) atoms. The number of aryl methyl sites for hydroxylation is 1. The van der Waals surface area contributed by atoms with Gasteiger partial charge < -0.3 is 20.7 Å². The largest absolute Gasteiger partial charge is 0.497 e. The van der Waals surface area contributed by atoms with E-state index in [2.05, 4.69) is 40.0 Å². The second kappa shape index (κ2) is 10.9. The van der Waals surface area contributed by atoms with Gasteiger partial charge in [-0.2, -0.15) is 0 Å². The van der Waals surface area contributed by atoms with Gasteiger partial charge in [0.25, 0.3) is 5.91 Å². The number of nitrogens with zero attached hydrogens (tertiary/aromatic N) is 1. The van der Waals surface area contributed by atoms with Crippen molar-refractivity contribution >= 4 is 11.9 Å². The predicted molar refractivity (Wildman–Crippen MR) is 109 cm³/mol. The van der Waals surface area contributed by atoms with Gasteiger partial charge in [-0.1, -0.05) is 30.3 Å². The minimum atomic E-state index is -0.127. The molecule has 0 aliphatic carbocycles. The number of hydrogen-bond acceptors (Lipinski definition) is 3. The third-order valence-electron chi connectivity index (χ3n) is 4.05. The number of benzene rings is 2. The van der Waals surface area contributed by atoms with Crippen LogP contribution in [0.1, 0.15) is 28.4 Å². The van der Waals surface area contributed by atoms with Crippen molar-refractivity contribution in [1.82, 2.24) is 16.0 Å². The summed E-state index contributed by atoms with van der Waals surface area (Å²) in [5, 5.41) is 9.35. The number of aliphatic imine (C=N–C) groups is 1. The maximum absolute atomic E-state index is 12.2. The Bertz CT molecular complexity index is 774. The van der Waals surface area contributed by atoms with Gasteiger partial charge >= 0.3 is 0 Å². The van der Waals surface area contributed by atoms with E-state index in [0.717, 1.165) is 12.5 Å². The van der Waals surface area contributed by atoms with Crippen LogP contribution in [0.3, 0.4) is 0 Å².